The van der Waals surface area contributed by atoms with E-state index in [9.17, 15) is 9.59 Å². The van der Waals surface area contributed by atoms with Crippen molar-refractivity contribution in [2.75, 3.05) is 5.01 Å². The van der Waals surface area contributed by atoms with Crippen LogP contribution < -0.4 is 10.4 Å². The Kier molecular flexibility index (Phi) is 6.97. The lowest BCUT2D eigenvalue weighted by molar-refractivity contribution is -0.0114. The van der Waals surface area contributed by atoms with Crippen LogP contribution in [-0.2, 0) is 9.47 Å². The first-order valence-electron chi connectivity index (χ1n) is 12.8. The number of hydrazine groups is 1. The van der Waals surface area contributed by atoms with Crippen LogP contribution in [0, 0.1) is 5.41 Å². The molecule has 0 radical (unpaired) electrons. The highest BCUT2D eigenvalue weighted by atomic mass is 16.6. The van der Waals surface area contributed by atoms with Crippen LogP contribution in [0.4, 0.5) is 15.3 Å². The number of amides is 2. The molecule has 198 valence electrons. The van der Waals surface area contributed by atoms with Crippen molar-refractivity contribution >= 4 is 23.6 Å². The molecule has 1 N–H and O–H groups in total. The van der Waals surface area contributed by atoms with Gasteiger partial charge < -0.3 is 9.47 Å². The summed E-state index contributed by atoms with van der Waals surface area (Å²) in [7, 11) is 0. The maximum absolute atomic E-state index is 13.5. The highest BCUT2D eigenvalue weighted by molar-refractivity contribution is 6.08. The van der Waals surface area contributed by atoms with Crippen LogP contribution in [0.25, 0.3) is 0 Å². The monoisotopic (exact) mass is 506 g/mol. The number of hydrazone groups is 1. The van der Waals surface area contributed by atoms with Gasteiger partial charge in [-0.2, -0.15) is 5.10 Å². The first-order chi connectivity index (χ1) is 17.3. The molecular weight excluding hydrogens is 468 g/mol. The van der Waals surface area contributed by atoms with E-state index in [2.05, 4.69) is 24.5 Å². The van der Waals surface area contributed by atoms with Gasteiger partial charge in [-0.15, -0.1) is 0 Å². The fourth-order valence-electron chi connectivity index (χ4n) is 5.18. The van der Waals surface area contributed by atoms with Gasteiger partial charge in [0, 0.05) is 5.41 Å². The van der Waals surface area contributed by atoms with Crippen LogP contribution in [0.3, 0.4) is 0 Å². The number of rotatable bonds is 3. The maximum atomic E-state index is 13.5. The second-order valence-electron chi connectivity index (χ2n) is 11.9. The van der Waals surface area contributed by atoms with E-state index >= 15 is 0 Å². The van der Waals surface area contributed by atoms with Gasteiger partial charge in [-0.05, 0) is 72.1 Å². The van der Waals surface area contributed by atoms with Crippen LogP contribution in [-0.4, -0.2) is 46.2 Å². The van der Waals surface area contributed by atoms with Gasteiger partial charge in [0.2, 0.25) is 0 Å². The van der Waals surface area contributed by atoms with Crippen molar-refractivity contribution in [1.29, 1.82) is 0 Å². The van der Waals surface area contributed by atoms with E-state index in [1.165, 1.54) is 5.01 Å². The third-order valence-corrected chi connectivity index (χ3v) is 6.59. The summed E-state index contributed by atoms with van der Waals surface area (Å²) in [5, 5.41) is 8.43. The molecule has 2 aliphatic rings. The summed E-state index contributed by atoms with van der Waals surface area (Å²) in [6.07, 6.45) is 0.0781. The number of carbonyl (C=O) groups is 2. The smallest absolute Gasteiger partial charge is 0.429 e. The average Bonchev–Trinajstić information content (AvgIpc) is 3.29. The van der Waals surface area contributed by atoms with Crippen molar-refractivity contribution in [1.82, 2.24) is 10.4 Å². The fraction of sp³-hybridized carbons (Fsp3) is 0.483. The largest absolute Gasteiger partial charge is 0.443 e. The van der Waals surface area contributed by atoms with Crippen molar-refractivity contribution < 1.29 is 19.1 Å². The molecule has 2 aromatic rings. The van der Waals surface area contributed by atoms with E-state index in [-0.39, 0.29) is 11.5 Å². The van der Waals surface area contributed by atoms with Crippen LogP contribution in [0.5, 0.6) is 0 Å². The molecule has 8 nitrogen and oxygen atoms in total. The Bertz CT molecular complexity index is 1150. The Morgan fingerprint density at radius 2 is 1.51 bits per heavy atom. The minimum Gasteiger partial charge on any atom is -0.443 e. The third-order valence-electron chi connectivity index (χ3n) is 6.59. The van der Waals surface area contributed by atoms with Gasteiger partial charge in [0.25, 0.3) is 0 Å². The molecule has 0 aromatic heterocycles. The number of para-hydroxylation sites is 1. The molecular formula is C29H38N4O4. The molecule has 2 aromatic carbocycles. The number of fused-ring (bicyclic) bond motifs is 1. The molecule has 0 bridgehead atoms. The molecule has 1 fully saturated rings. The van der Waals surface area contributed by atoms with Gasteiger partial charge in [-0.3, -0.25) is 5.01 Å². The number of hydrogen-bond acceptors (Lipinski definition) is 6. The fourth-order valence-corrected chi connectivity index (χ4v) is 5.18. The molecule has 0 spiro atoms. The van der Waals surface area contributed by atoms with Gasteiger partial charge in [0.1, 0.15) is 11.2 Å². The standard InChI is InChI=1S/C29H38N4O4/c1-27(2,3)36-25(34)31-33(26(35)37-28(4,5)6)22-18-19-29(7)23(20-14-10-8-11-15-20)30-32(24(22)29)21-16-12-9-13-17-21/h8-17,22,24H,18-19H2,1-7H3,(H,31,34)/t22-,24+,29+/m0/s1. The lowest BCUT2D eigenvalue weighted by atomic mass is 9.77. The maximum Gasteiger partial charge on any atom is 0.429 e. The molecule has 1 heterocycles. The Hall–Kier alpha value is -3.55. The van der Waals surface area contributed by atoms with Crippen molar-refractivity contribution in [2.24, 2.45) is 10.5 Å². The summed E-state index contributed by atoms with van der Waals surface area (Å²) in [5.74, 6) is 0. The molecule has 3 atom stereocenters. The van der Waals surface area contributed by atoms with E-state index in [4.69, 9.17) is 14.6 Å². The molecule has 1 aliphatic heterocycles. The first-order valence-corrected chi connectivity index (χ1v) is 12.8. The normalized spacial score (nSPS) is 23.2. The molecule has 4 rings (SSSR count). The van der Waals surface area contributed by atoms with Gasteiger partial charge in [-0.25, -0.2) is 20.0 Å². The van der Waals surface area contributed by atoms with Gasteiger partial charge >= 0.3 is 12.2 Å². The molecule has 8 heteroatoms. The second kappa shape index (κ2) is 9.72. The number of benzene rings is 2. The lowest BCUT2D eigenvalue weighted by Crippen LogP contribution is -2.60. The number of nitrogens with zero attached hydrogens (tertiary/aromatic N) is 3. The zero-order valence-corrected chi connectivity index (χ0v) is 22.8. The number of nitrogens with one attached hydrogen (secondary N) is 1. The number of hydrogen-bond donors (Lipinski definition) is 1. The van der Waals surface area contributed by atoms with E-state index in [1.54, 1.807) is 41.5 Å². The molecule has 1 saturated carbocycles. The van der Waals surface area contributed by atoms with E-state index < -0.39 is 29.4 Å². The molecule has 37 heavy (non-hydrogen) atoms. The zero-order valence-electron chi connectivity index (χ0n) is 22.8. The van der Waals surface area contributed by atoms with E-state index in [0.29, 0.717) is 6.42 Å². The highest BCUT2D eigenvalue weighted by Gasteiger charge is 2.59. The minimum absolute atomic E-state index is 0.243. The Morgan fingerprint density at radius 1 is 0.946 bits per heavy atom. The number of ether oxygens (including phenoxy) is 2. The van der Waals surface area contributed by atoms with Gasteiger partial charge in [0.15, 0.2) is 0 Å². The van der Waals surface area contributed by atoms with Crippen LogP contribution in [0.15, 0.2) is 65.8 Å². The van der Waals surface area contributed by atoms with Gasteiger partial charge in [0.05, 0.1) is 23.5 Å². The average molecular weight is 507 g/mol. The van der Waals surface area contributed by atoms with Crippen LogP contribution in [0.1, 0.15) is 66.9 Å². The summed E-state index contributed by atoms with van der Waals surface area (Å²) in [5.41, 5.74) is 3.79. The van der Waals surface area contributed by atoms with Crippen molar-refractivity contribution in [2.45, 2.75) is 84.6 Å². The number of anilines is 1. The Labute approximate surface area is 219 Å². The summed E-state index contributed by atoms with van der Waals surface area (Å²) < 4.78 is 11.2. The summed E-state index contributed by atoms with van der Waals surface area (Å²) in [6.45, 7) is 12.9. The van der Waals surface area contributed by atoms with Crippen molar-refractivity contribution in [3.05, 3.63) is 66.2 Å². The van der Waals surface area contributed by atoms with E-state index in [1.807, 2.05) is 53.5 Å². The second-order valence-corrected chi connectivity index (χ2v) is 11.9. The molecule has 1 aliphatic carbocycles. The zero-order chi connectivity index (χ0) is 27.0. The minimum atomic E-state index is -0.743. The predicted molar refractivity (Wildman–Crippen MR) is 144 cm³/mol. The quantitative estimate of drug-likeness (QED) is 0.507. The molecule has 0 saturated heterocycles. The third kappa shape index (κ3) is 5.73. The Balaban J connectivity index is 1.76. The summed E-state index contributed by atoms with van der Waals surface area (Å²) in [6, 6.07) is 19.4. The van der Waals surface area contributed by atoms with E-state index in [0.717, 1.165) is 23.4 Å². The van der Waals surface area contributed by atoms with Crippen molar-refractivity contribution in [3.63, 3.8) is 0 Å². The van der Waals surface area contributed by atoms with Crippen LogP contribution >= 0.6 is 0 Å². The summed E-state index contributed by atoms with van der Waals surface area (Å²) >= 11 is 0. The van der Waals surface area contributed by atoms with Crippen molar-refractivity contribution in [3.8, 4) is 0 Å². The first kappa shape index (κ1) is 26.5. The highest BCUT2D eigenvalue weighted by Crippen LogP contribution is 2.51. The topological polar surface area (TPSA) is 83.5 Å². The summed E-state index contributed by atoms with van der Waals surface area (Å²) in [4.78, 5) is 26.4. The lowest BCUT2D eigenvalue weighted by Gasteiger charge is -2.39. The Morgan fingerprint density at radius 3 is 2.08 bits per heavy atom. The SMILES string of the molecule is CC(C)(C)OC(=O)NN(C(=O)OC(C)(C)C)[C@H]1CC[C@]2(C)C(c3ccccc3)=NN(c3ccccc3)[C@H]12. The van der Waals surface area contributed by atoms with Gasteiger partial charge in [-0.1, -0.05) is 55.5 Å². The molecule has 0 unspecified atom stereocenters. The molecule has 2 amide bonds. The van der Waals surface area contributed by atoms with Crippen LogP contribution in [0.2, 0.25) is 0 Å². The predicted octanol–water partition coefficient (Wildman–Crippen LogP) is 6.13. The number of carbonyl (C=O) groups excluding carboxylic acids is 2.